The number of primary amides is 1. The zero-order chi connectivity index (χ0) is 17.2. The SMILES string of the molecule is CCCCC(NC(N)=O)C(=O)N1CCCC(C(=O)NCCN)C1. The van der Waals surface area contributed by atoms with E-state index in [-0.39, 0.29) is 17.7 Å². The van der Waals surface area contributed by atoms with Crippen LogP contribution in [-0.2, 0) is 9.59 Å². The lowest BCUT2D eigenvalue weighted by Gasteiger charge is -2.34. The molecule has 0 bridgehead atoms. The maximum atomic E-state index is 12.6. The van der Waals surface area contributed by atoms with Crippen LogP contribution in [0.25, 0.3) is 0 Å². The van der Waals surface area contributed by atoms with E-state index in [9.17, 15) is 14.4 Å². The molecule has 2 atom stereocenters. The smallest absolute Gasteiger partial charge is 0.312 e. The molecule has 8 nitrogen and oxygen atoms in total. The molecule has 23 heavy (non-hydrogen) atoms. The number of nitrogens with two attached hydrogens (primary N) is 2. The van der Waals surface area contributed by atoms with Gasteiger partial charge in [0.05, 0.1) is 5.92 Å². The first-order valence-corrected chi connectivity index (χ1v) is 8.32. The van der Waals surface area contributed by atoms with Crippen LogP contribution in [0.1, 0.15) is 39.0 Å². The number of hydrogen-bond donors (Lipinski definition) is 4. The van der Waals surface area contributed by atoms with E-state index in [1.54, 1.807) is 4.90 Å². The lowest BCUT2D eigenvalue weighted by molar-refractivity contribution is -0.137. The lowest BCUT2D eigenvalue weighted by Crippen LogP contribution is -2.54. The van der Waals surface area contributed by atoms with Crippen molar-refractivity contribution < 1.29 is 14.4 Å². The van der Waals surface area contributed by atoms with Gasteiger partial charge in [-0.3, -0.25) is 9.59 Å². The van der Waals surface area contributed by atoms with Gasteiger partial charge in [0.15, 0.2) is 0 Å². The molecule has 1 heterocycles. The predicted octanol–water partition coefficient (Wildman–Crippen LogP) is -0.473. The van der Waals surface area contributed by atoms with Crippen molar-refractivity contribution in [3.05, 3.63) is 0 Å². The first kappa shape index (κ1) is 19.2. The Morgan fingerprint density at radius 3 is 2.70 bits per heavy atom. The van der Waals surface area contributed by atoms with Crippen molar-refractivity contribution in [1.29, 1.82) is 0 Å². The van der Waals surface area contributed by atoms with Gasteiger partial charge in [-0.15, -0.1) is 0 Å². The Morgan fingerprint density at radius 2 is 2.09 bits per heavy atom. The number of carbonyl (C=O) groups is 3. The van der Waals surface area contributed by atoms with Gasteiger partial charge in [-0.1, -0.05) is 19.8 Å². The topological polar surface area (TPSA) is 131 Å². The second-order valence-electron chi connectivity index (χ2n) is 5.91. The standard InChI is InChI=1S/C15H29N5O3/c1-2-3-6-12(19-15(17)23)14(22)20-9-4-5-11(10-20)13(21)18-8-7-16/h11-12H,2-10,16H2,1H3,(H,18,21)(H3,17,19,23). The number of piperidine rings is 1. The number of hydrogen-bond acceptors (Lipinski definition) is 4. The molecule has 2 unspecified atom stereocenters. The molecule has 8 heteroatoms. The molecule has 0 aliphatic carbocycles. The number of nitrogens with one attached hydrogen (secondary N) is 2. The van der Waals surface area contributed by atoms with Crippen LogP contribution < -0.4 is 22.1 Å². The molecule has 1 fully saturated rings. The highest BCUT2D eigenvalue weighted by Crippen LogP contribution is 2.18. The minimum Gasteiger partial charge on any atom is -0.355 e. The molecule has 0 aromatic heterocycles. The van der Waals surface area contributed by atoms with Crippen LogP contribution >= 0.6 is 0 Å². The van der Waals surface area contributed by atoms with E-state index in [0.29, 0.717) is 32.6 Å². The molecule has 132 valence electrons. The summed E-state index contributed by atoms with van der Waals surface area (Å²) in [5, 5.41) is 5.29. The van der Waals surface area contributed by atoms with E-state index in [2.05, 4.69) is 10.6 Å². The van der Waals surface area contributed by atoms with Crippen LogP contribution in [-0.4, -0.2) is 55.0 Å². The summed E-state index contributed by atoms with van der Waals surface area (Å²) in [6.45, 7) is 3.82. The largest absolute Gasteiger partial charge is 0.355 e. The first-order valence-electron chi connectivity index (χ1n) is 8.32. The quantitative estimate of drug-likeness (QED) is 0.480. The van der Waals surface area contributed by atoms with E-state index in [1.165, 1.54) is 0 Å². The van der Waals surface area contributed by atoms with Crippen molar-refractivity contribution in [1.82, 2.24) is 15.5 Å². The third-order valence-corrected chi connectivity index (χ3v) is 4.01. The van der Waals surface area contributed by atoms with Crippen molar-refractivity contribution in [3.63, 3.8) is 0 Å². The van der Waals surface area contributed by atoms with Gasteiger partial charge in [0.2, 0.25) is 11.8 Å². The number of unbranched alkanes of at least 4 members (excludes halogenated alkanes) is 1. The number of carbonyl (C=O) groups excluding carboxylic acids is 3. The molecule has 4 amide bonds. The van der Waals surface area contributed by atoms with Crippen molar-refractivity contribution in [2.75, 3.05) is 26.2 Å². The van der Waals surface area contributed by atoms with Crippen molar-refractivity contribution >= 4 is 17.8 Å². The van der Waals surface area contributed by atoms with E-state index in [0.717, 1.165) is 25.7 Å². The van der Waals surface area contributed by atoms with Gasteiger partial charge in [0.25, 0.3) is 0 Å². The Morgan fingerprint density at radius 1 is 1.35 bits per heavy atom. The van der Waals surface area contributed by atoms with Gasteiger partial charge in [-0.2, -0.15) is 0 Å². The molecule has 1 aliphatic rings. The van der Waals surface area contributed by atoms with E-state index < -0.39 is 12.1 Å². The molecular formula is C15H29N5O3. The number of nitrogens with zero attached hydrogens (tertiary/aromatic N) is 1. The second kappa shape index (κ2) is 10.0. The van der Waals surface area contributed by atoms with Crippen LogP contribution in [0.2, 0.25) is 0 Å². The maximum Gasteiger partial charge on any atom is 0.312 e. The Bertz CT molecular complexity index is 416. The molecule has 0 saturated carbocycles. The zero-order valence-corrected chi connectivity index (χ0v) is 13.8. The second-order valence-corrected chi connectivity index (χ2v) is 5.91. The fraction of sp³-hybridized carbons (Fsp3) is 0.800. The monoisotopic (exact) mass is 327 g/mol. The highest BCUT2D eigenvalue weighted by atomic mass is 16.2. The van der Waals surface area contributed by atoms with Gasteiger partial charge in [-0.25, -0.2) is 4.79 Å². The van der Waals surface area contributed by atoms with E-state index in [4.69, 9.17) is 11.5 Å². The Hall–Kier alpha value is -1.83. The van der Waals surface area contributed by atoms with E-state index >= 15 is 0 Å². The molecular weight excluding hydrogens is 298 g/mol. The first-order chi connectivity index (χ1) is 11.0. The number of amides is 4. The van der Waals surface area contributed by atoms with Crippen molar-refractivity contribution in [2.45, 2.75) is 45.1 Å². The lowest BCUT2D eigenvalue weighted by atomic mass is 9.96. The molecule has 0 spiro atoms. The van der Waals surface area contributed by atoms with Crippen molar-refractivity contribution in [2.24, 2.45) is 17.4 Å². The minimum absolute atomic E-state index is 0.0686. The maximum absolute atomic E-state index is 12.6. The Kier molecular flexibility index (Phi) is 8.39. The number of rotatable bonds is 8. The fourth-order valence-corrected chi connectivity index (χ4v) is 2.79. The molecule has 0 aromatic carbocycles. The summed E-state index contributed by atoms with van der Waals surface area (Å²) in [7, 11) is 0. The Balaban J connectivity index is 2.64. The van der Waals surface area contributed by atoms with Gasteiger partial charge in [0, 0.05) is 26.2 Å². The predicted molar refractivity (Wildman–Crippen MR) is 87.4 cm³/mol. The molecule has 0 radical (unpaired) electrons. The summed E-state index contributed by atoms with van der Waals surface area (Å²) >= 11 is 0. The van der Waals surface area contributed by atoms with Crippen LogP contribution in [0.5, 0.6) is 0 Å². The number of urea groups is 1. The minimum atomic E-state index is -0.700. The summed E-state index contributed by atoms with van der Waals surface area (Å²) in [4.78, 5) is 37.5. The average Bonchev–Trinajstić information content (AvgIpc) is 2.55. The van der Waals surface area contributed by atoms with E-state index in [1.807, 2.05) is 6.92 Å². The van der Waals surface area contributed by atoms with Crippen LogP contribution in [0, 0.1) is 5.92 Å². The van der Waals surface area contributed by atoms with Gasteiger partial charge in [-0.05, 0) is 19.3 Å². The molecule has 6 N–H and O–H groups in total. The van der Waals surface area contributed by atoms with Crippen LogP contribution in [0.4, 0.5) is 4.79 Å². The third-order valence-electron chi connectivity index (χ3n) is 4.01. The summed E-state index contributed by atoms with van der Waals surface area (Å²) < 4.78 is 0. The van der Waals surface area contributed by atoms with Crippen LogP contribution in [0.15, 0.2) is 0 Å². The van der Waals surface area contributed by atoms with Gasteiger partial charge in [0.1, 0.15) is 6.04 Å². The highest BCUT2D eigenvalue weighted by Gasteiger charge is 2.31. The summed E-state index contributed by atoms with van der Waals surface area (Å²) in [5.74, 6) is -0.450. The average molecular weight is 327 g/mol. The van der Waals surface area contributed by atoms with Gasteiger partial charge >= 0.3 is 6.03 Å². The summed E-state index contributed by atoms with van der Waals surface area (Å²) in [6.07, 6.45) is 3.82. The molecule has 1 aliphatic heterocycles. The van der Waals surface area contributed by atoms with Gasteiger partial charge < -0.3 is 27.0 Å². The zero-order valence-electron chi connectivity index (χ0n) is 13.8. The molecule has 0 aromatic rings. The highest BCUT2D eigenvalue weighted by molar-refractivity contribution is 5.87. The van der Waals surface area contributed by atoms with Crippen LogP contribution in [0.3, 0.4) is 0 Å². The summed E-state index contributed by atoms with van der Waals surface area (Å²) in [6, 6.07) is -1.31. The molecule has 1 rings (SSSR count). The third kappa shape index (κ3) is 6.43. The molecule has 1 saturated heterocycles. The summed E-state index contributed by atoms with van der Waals surface area (Å²) in [5.41, 5.74) is 10.5. The van der Waals surface area contributed by atoms with Crippen molar-refractivity contribution in [3.8, 4) is 0 Å². The Labute approximate surface area is 137 Å². The fourth-order valence-electron chi connectivity index (χ4n) is 2.79. The normalized spacial score (nSPS) is 19.0. The number of likely N-dealkylation sites (tertiary alicyclic amines) is 1.